The van der Waals surface area contributed by atoms with Gasteiger partial charge >= 0.3 is 6.18 Å². The van der Waals surface area contributed by atoms with Gasteiger partial charge in [0.2, 0.25) is 5.91 Å². The summed E-state index contributed by atoms with van der Waals surface area (Å²) in [6.45, 7) is 0.311. The van der Waals surface area contributed by atoms with Crippen molar-refractivity contribution >= 4 is 29.1 Å². The zero-order chi connectivity index (χ0) is 23.9. The number of carbonyl (C=O) groups excluding carboxylic acids is 3. The van der Waals surface area contributed by atoms with Crippen LogP contribution >= 0.6 is 0 Å². The molecule has 12 heteroatoms. The first-order valence-electron chi connectivity index (χ1n) is 9.91. The second-order valence-corrected chi connectivity index (χ2v) is 7.57. The number of nitrogens with zero attached hydrogens (tertiary/aromatic N) is 4. The predicted octanol–water partition coefficient (Wildman–Crippen LogP) is 2.56. The molecule has 0 radical (unpaired) electrons. The Morgan fingerprint density at radius 1 is 1.00 bits per heavy atom. The molecular formula is C21H17F3N4O5. The standard InChI is InChI=1S/C21H17F3N4O5/c22-21(23,24)13-3-1-4-14(11-13)25-7-9-26(10-8-25)17(29)12-27-19(30)15-5-2-6-16(28(32)33)18(15)20(27)31/h1-6,11H,7-10,12H2. The number of hydrogen-bond acceptors (Lipinski definition) is 6. The van der Waals surface area contributed by atoms with Crippen molar-refractivity contribution in [2.45, 2.75) is 6.18 Å². The molecule has 0 unspecified atom stereocenters. The molecule has 2 aromatic carbocycles. The summed E-state index contributed by atoms with van der Waals surface area (Å²) in [5.41, 5.74) is -1.36. The maximum Gasteiger partial charge on any atom is 0.416 e. The first-order valence-corrected chi connectivity index (χ1v) is 9.91. The minimum absolute atomic E-state index is 0.128. The minimum atomic E-state index is -4.46. The number of nitro groups is 1. The van der Waals surface area contributed by atoms with Gasteiger partial charge in [0.1, 0.15) is 12.1 Å². The number of halogens is 3. The van der Waals surface area contributed by atoms with Gasteiger partial charge in [-0.25, -0.2) is 0 Å². The number of hydrogen-bond donors (Lipinski definition) is 0. The van der Waals surface area contributed by atoms with Crippen molar-refractivity contribution in [1.82, 2.24) is 9.80 Å². The zero-order valence-corrected chi connectivity index (χ0v) is 17.0. The summed E-state index contributed by atoms with van der Waals surface area (Å²) in [5, 5.41) is 11.2. The third kappa shape index (κ3) is 4.11. The van der Waals surface area contributed by atoms with E-state index < -0.39 is 46.6 Å². The highest BCUT2D eigenvalue weighted by Gasteiger charge is 2.42. The highest BCUT2D eigenvalue weighted by Crippen LogP contribution is 2.32. The lowest BCUT2D eigenvalue weighted by Crippen LogP contribution is -2.52. The fourth-order valence-electron chi connectivity index (χ4n) is 3.94. The number of carbonyl (C=O) groups is 3. The summed E-state index contributed by atoms with van der Waals surface area (Å²) >= 11 is 0. The van der Waals surface area contributed by atoms with Crippen molar-refractivity contribution in [3.63, 3.8) is 0 Å². The van der Waals surface area contributed by atoms with E-state index in [1.54, 1.807) is 11.0 Å². The monoisotopic (exact) mass is 462 g/mol. The van der Waals surface area contributed by atoms with Gasteiger partial charge in [0, 0.05) is 37.9 Å². The van der Waals surface area contributed by atoms with Gasteiger partial charge in [-0.05, 0) is 24.3 Å². The summed E-state index contributed by atoms with van der Waals surface area (Å²) in [6.07, 6.45) is -4.46. The smallest absolute Gasteiger partial charge is 0.368 e. The van der Waals surface area contributed by atoms with Crippen molar-refractivity contribution < 1.29 is 32.5 Å². The fourth-order valence-corrected chi connectivity index (χ4v) is 3.94. The van der Waals surface area contributed by atoms with Crippen molar-refractivity contribution in [3.8, 4) is 0 Å². The van der Waals surface area contributed by atoms with E-state index in [1.807, 2.05) is 0 Å². The summed E-state index contributed by atoms with van der Waals surface area (Å²) in [6, 6.07) is 8.60. The highest BCUT2D eigenvalue weighted by atomic mass is 19.4. The predicted molar refractivity (Wildman–Crippen MR) is 109 cm³/mol. The number of piperazine rings is 1. The van der Waals surface area contributed by atoms with Gasteiger partial charge in [0.15, 0.2) is 0 Å². The van der Waals surface area contributed by atoms with Gasteiger partial charge in [0.05, 0.1) is 16.1 Å². The quantitative estimate of drug-likeness (QED) is 0.393. The zero-order valence-electron chi connectivity index (χ0n) is 17.0. The van der Waals surface area contributed by atoms with Crippen LogP contribution in [0.15, 0.2) is 42.5 Å². The number of nitro benzene ring substituents is 1. The van der Waals surface area contributed by atoms with Crippen LogP contribution in [0.1, 0.15) is 26.3 Å². The molecule has 0 aromatic heterocycles. The molecule has 2 aromatic rings. The highest BCUT2D eigenvalue weighted by molar-refractivity contribution is 6.24. The second kappa shape index (κ2) is 8.19. The summed E-state index contributed by atoms with van der Waals surface area (Å²) in [4.78, 5) is 52.1. The van der Waals surface area contributed by atoms with Crippen LogP contribution in [0.25, 0.3) is 0 Å². The molecule has 172 valence electrons. The second-order valence-electron chi connectivity index (χ2n) is 7.57. The summed E-state index contributed by atoms with van der Waals surface area (Å²) in [7, 11) is 0. The molecule has 0 bridgehead atoms. The molecule has 0 aliphatic carbocycles. The van der Waals surface area contributed by atoms with Crippen molar-refractivity contribution in [3.05, 3.63) is 69.3 Å². The molecule has 33 heavy (non-hydrogen) atoms. The van der Waals surface area contributed by atoms with Gasteiger partial charge in [-0.2, -0.15) is 13.2 Å². The van der Waals surface area contributed by atoms with E-state index >= 15 is 0 Å². The SMILES string of the molecule is O=C(CN1C(=O)c2cccc([N+](=O)[O-])c2C1=O)N1CCN(c2cccc(C(F)(F)F)c2)CC1. The Hall–Kier alpha value is -3.96. The molecule has 1 saturated heterocycles. The van der Waals surface area contributed by atoms with E-state index in [2.05, 4.69) is 0 Å². The van der Waals surface area contributed by atoms with Crippen LogP contribution in [0.4, 0.5) is 24.5 Å². The maximum absolute atomic E-state index is 13.0. The molecule has 2 aliphatic heterocycles. The van der Waals surface area contributed by atoms with E-state index in [0.717, 1.165) is 18.2 Å². The van der Waals surface area contributed by atoms with Gasteiger partial charge in [0.25, 0.3) is 17.5 Å². The van der Waals surface area contributed by atoms with Gasteiger partial charge in [-0.15, -0.1) is 0 Å². The molecule has 3 amide bonds. The first-order chi connectivity index (χ1) is 15.6. The molecular weight excluding hydrogens is 445 g/mol. The number of alkyl halides is 3. The third-order valence-corrected chi connectivity index (χ3v) is 5.64. The topological polar surface area (TPSA) is 104 Å². The molecule has 0 saturated carbocycles. The van der Waals surface area contributed by atoms with E-state index in [1.165, 1.54) is 23.1 Å². The van der Waals surface area contributed by atoms with Crippen LogP contribution in [-0.4, -0.2) is 65.2 Å². The number of rotatable bonds is 4. The van der Waals surface area contributed by atoms with E-state index in [0.29, 0.717) is 10.6 Å². The lowest BCUT2D eigenvalue weighted by atomic mass is 10.1. The van der Waals surface area contributed by atoms with Crippen LogP contribution in [-0.2, 0) is 11.0 Å². The number of fused-ring (bicyclic) bond motifs is 1. The minimum Gasteiger partial charge on any atom is -0.368 e. The first kappa shape index (κ1) is 22.2. The molecule has 9 nitrogen and oxygen atoms in total. The molecule has 2 heterocycles. The Balaban J connectivity index is 1.41. The molecule has 0 atom stereocenters. The van der Waals surface area contributed by atoms with Crippen molar-refractivity contribution in [2.24, 2.45) is 0 Å². The van der Waals surface area contributed by atoms with Crippen LogP contribution in [0.2, 0.25) is 0 Å². The Bertz CT molecular complexity index is 1160. The van der Waals surface area contributed by atoms with E-state index in [-0.39, 0.29) is 37.3 Å². The van der Waals surface area contributed by atoms with Gasteiger partial charge < -0.3 is 9.80 Å². The Morgan fingerprint density at radius 2 is 1.67 bits per heavy atom. The molecule has 4 rings (SSSR count). The normalized spacial score (nSPS) is 16.3. The third-order valence-electron chi connectivity index (χ3n) is 5.64. The maximum atomic E-state index is 13.0. The largest absolute Gasteiger partial charge is 0.416 e. The summed E-state index contributed by atoms with van der Waals surface area (Å²) in [5.74, 6) is -2.22. The number of benzene rings is 2. The van der Waals surface area contributed by atoms with Crippen LogP contribution in [0.3, 0.4) is 0 Å². The molecule has 0 N–H and O–H groups in total. The number of anilines is 1. The van der Waals surface area contributed by atoms with Crippen molar-refractivity contribution in [2.75, 3.05) is 37.6 Å². The summed E-state index contributed by atoms with van der Waals surface area (Å²) < 4.78 is 38.9. The Morgan fingerprint density at radius 3 is 2.30 bits per heavy atom. The van der Waals surface area contributed by atoms with Crippen molar-refractivity contribution in [1.29, 1.82) is 0 Å². The molecule has 1 fully saturated rings. The van der Waals surface area contributed by atoms with Crippen LogP contribution in [0.5, 0.6) is 0 Å². The molecule has 0 spiro atoms. The van der Waals surface area contributed by atoms with Crippen LogP contribution < -0.4 is 4.90 Å². The van der Waals surface area contributed by atoms with Gasteiger partial charge in [-0.1, -0.05) is 12.1 Å². The van der Waals surface area contributed by atoms with Gasteiger partial charge in [-0.3, -0.25) is 29.4 Å². The number of imide groups is 1. The Kier molecular flexibility index (Phi) is 5.52. The Labute approximate surface area is 185 Å². The molecule has 2 aliphatic rings. The fraction of sp³-hybridized carbons (Fsp3) is 0.286. The average molecular weight is 462 g/mol. The lowest BCUT2D eigenvalue weighted by Gasteiger charge is -2.36. The van der Waals surface area contributed by atoms with E-state index in [4.69, 9.17) is 0 Å². The van der Waals surface area contributed by atoms with Crippen LogP contribution in [0, 0.1) is 10.1 Å². The van der Waals surface area contributed by atoms with E-state index in [9.17, 15) is 37.7 Å². The lowest BCUT2D eigenvalue weighted by molar-refractivity contribution is -0.385. The average Bonchev–Trinajstić information content (AvgIpc) is 3.03. The number of amides is 3.